The summed E-state index contributed by atoms with van der Waals surface area (Å²) < 4.78 is 13.6. The van der Waals surface area contributed by atoms with Crippen LogP contribution in [0.3, 0.4) is 0 Å². The lowest BCUT2D eigenvalue weighted by atomic mass is 9.78. The van der Waals surface area contributed by atoms with Gasteiger partial charge in [-0.3, -0.25) is 0 Å². The Morgan fingerprint density at radius 1 is 0.273 bits per heavy atom. The minimum absolute atomic E-state index is 0.478. The Morgan fingerprint density at radius 2 is 0.677 bits per heavy atom. The molecule has 99 heavy (non-hydrogen) atoms. The molecule has 1 aliphatic rings. The van der Waals surface area contributed by atoms with Crippen LogP contribution < -0.4 is 0 Å². The molecular weight excluding hydrogens is 1210 g/mol. The molecule has 0 atom stereocenters. The summed E-state index contributed by atoms with van der Waals surface area (Å²) in [6, 6.07) is 103. The average molecular weight is 1270 g/mol. The van der Waals surface area contributed by atoms with Crippen molar-refractivity contribution in [3.05, 3.63) is 313 Å². The number of nitriles is 2. The monoisotopic (exact) mass is 1270 g/mol. The Labute approximate surface area is 569 Å². The first-order valence-corrected chi connectivity index (χ1v) is 32.8. The Morgan fingerprint density at radius 3 is 1.27 bits per heavy atom. The molecule has 0 bridgehead atoms. The van der Waals surface area contributed by atoms with Gasteiger partial charge in [0.1, 0.15) is 22.3 Å². The summed E-state index contributed by atoms with van der Waals surface area (Å²) in [6.45, 7) is 4.62. The highest BCUT2D eigenvalue weighted by Crippen LogP contribution is 2.55. The molecule has 0 fully saturated rings. The highest BCUT2D eigenvalue weighted by molar-refractivity contribution is 6.14. The second-order valence-corrected chi connectivity index (χ2v) is 25.5. The minimum Gasteiger partial charge on any atom is -0.455 e. The molecule has 4 heterocycles. The maximum absolute atomic E-state index is 9.67. The fourth-order valence-electron chi connectivity index (χ4n) is 14.5. The summed E-state index contributed by atoms with van der Waals surface area (Å²) in [7, 11) is 0. The summed E-state index contributed by atoms with van der Waals surface area (Å²) in [5.41, 5.74) is 23.2. The molecule has 0 spiro atoms. The van der Waals surface area contributed by atoms with Gasteiger partial charge in [0, 0.05) is 60.3 Å². The molecular formula is C89H54N8O2. The van der Waals surface area contributed by atoms with Crippen molar-refractivity contribution in [1.82, 2.24) is 29.9 Å². The van der Waals surface area contributed by atoms with E-state index in [1.807, 2.05) is 146 Å². The molecule has 1 aliphatic carbocycles. The largest absolute Gasteiger partial charge is 0.455 e. The summed E-state index contributed by atoms with van der Waals surface area (Å²) in [5.74, 6) is 3.18. The molecule has 13 aromatic carbocycles. The van der Waals surface area contributed by atoms with Gasteiger partial charge in [-0.1, -0.05) is 250 Å². The number of para-hydroxylation sites is 2. The summed E-state index contributed by atoms with van der Waals surface area (Å²) in [4.78, 5) is 32.1. The first-order chi connectivity index (χ1) is 48.7. The van der Waals surface area contributed by atoms with Crippen LogP contribution in [0.5, 0.6) is 0 Å². The van der Waals surface area contributed by atoms with E-state index in [9.17, 15) is 10.5 Å². The van der Waals surface area contributed by atoms with Crippen LogP contribution >= 0.6 is 0 Å². The third kappa shape index (κ3) is 9.93. The lowest BCUT2D eigenvalue weighted by Gasteiger charge is -2.24. The number of nitrogens with zero attached hydrogens (tertiary/aromatic N) is 8. The van der Waals surface area contributed by atoms with Crippen LogP contribution in [0.25, 0.3) is 179 Å². The SMILES string of the molecule is CC1(C)c2cccc(-c3nc(-c4ccccc4)nc(-c4c(-c5ccc(-c6ccc(C#N)cc6)cc5)ccc5c4oc4ccccc45)n3)c2-c2cccc(-c3cccc(-c4nc(-c5ccccc5)nc(-c5ccc(-c6c(-c7ccc(C#N)cc7)ccc7c6oc6ccccc67)cc5)n4)c3)c21. The molecule has 18 rings (SSSR count). The van der Waals surface area contributed by atoms with E-state index in [0.717, 1.165) is 144 Å². The number of furan rings is 2. The third-order valence-electron chi connectivity index (χ3n) is 19.3. The van der Waals surface area contributed by atoms with Crippen molar-refractivity contribution in [3.8, 4) is 147 Å². The molecule has 0 saturated heterocycles. The maximum Gasteiger partial charge on any atom is 0.168 e. The van der Waals surface area contributed by atoms with E-state index >= 15 is 0 Å². The smallest absolute Gasteiger partial charge is 0.168 e. The number of rotatable bonds is 11. The normalized spacial score (nSPS) is 12.2. The van der Waals surface area contributed by atoms with E-state index in [0.29, 0.717) is 51.7 Å². The average Bonchev–Trinajstić information content (AvgIpc) is 1.58. The van der Waals surface area contributed by atoms with Crippen LogP contribution in [-0.4, -0.2) is 29.9 Å². The summed E-state index contributed by atoms with van der Waals surface area (Å²) in [5, 5.41) is 23.2. The zero-order valence-electron chi connectivity index (χ0n) is 53.6. The lowest BCUT2D eigenvalue weighted by Crippen LogP contribution is -2.16. The number of aromatic nitrogens is 6. The molecule has 0 amide bonds. The number of benzene rings is 13. The van der Waals surface area contributed by atoms with Crippen molar-refractivity contribution < 1.29 is 8.83 Å². The van der Waals surface area contributed by atoms with E-state index in [1.165, 1.54) is 5.56 Å². The van der Waals surface area contributed by atoms with Gasteiger partial charge < -0.3 is 8.83 Å². The molecule has 17 aromatic rings. The molecule has 10 heteroatoms. The van der Waals surface area contributed by atoms with Crippen LogP contribution in [0.4, 0.5) is 0 Å². The third-order valence-corrected chi connectivity index (χ3v) is 19.3. The van der Waals surface area contributed by atoms with Crippen LogP contribution in [0.15, 0.2) is 300 Å². The maximum atomic E-state index is 9.67. The fourth-order valence-corrected chi connectivity index (χ4v) is 14.5. The zero-order chi connectivity index (χ0) is 66.3. The second-order valence-electron chi connectivity index (χ2n) is 25.5. The summed E-state index contributed by atoms with van der Waals surface area (Å²) in [6.07, 6.45) is 0. The van der Waals surface area contributed by atoms with E-state index in [-0.39, 0.29) is 0 Å². The first-order valence-electron chi connectivity index (χ1n) is 32.8. The molecule has 0 radical (unpaired) electrons. The van der Waals surface area contributed by atoms with Gasteiger partial charge in [0.05, 0.1) is 28.8 Å². The van der Waals surface area contributed by atoms with E-state index in [1.54, 1.807) is 0 Å². The quantitative estimate of drug-likeness (QED) is 0.122. The molecule has 0 unspecified atom stereocenters. The van der Waals surface area contributed by atoms with Gasteiger partial charge >= 0.3 is 0 Å². The molecule has 0 aliphatic heterocycles. The highest BCUT2D eigenvalue weighted by atomic mass is 16.3. The Kier molecular flexibility index (Phi) is 13.7. The highest BCUT2D eigenvalue weighted by Gasteiger charge is 2.40. The van der Waals surface area contributed by atoms with Crippen molar-refractivity contribution >= 4 is 43.9 Å². The van der Waals surface area contributed by atoms with Crippen molar-refractivity contribution in [2.45, 2.75) is 19.3 Å². The molecule has 0 N–H and O–H groups in total. The molecule has 462 valence electrons. The predicted molar refractivity (Wildman–Crippen MR) is 395 cm³/mol. The van der Waals surface area contributed by atoms with E-state index < -0.39 is 5.41 Å². The van der Waals surface area contributed by atoms with E-state index in [4.69, 9.17) is 38.7 Å². The topological polar surface area (TPSA) is 151 Å². The van der Waals surface area contributed by atoms with Gasteiger partial charge in [-0.2, -0.15) is 10.5 Å². The first kappa shape index (κ1) is 58.1. The van der Waals surface area contributed by atoms with Gasteiger partial charge in [-0.25, -0.2) is 29.9 Å². The van der Waals surface area contributed by atoms with Crippen molar-refractivity contribution in [1.29, 1.82) is 10.5 Å². The summed E-state index contributed by atoms with van der Waals surface area (Å²) >= 11 is 0. The minimum atomic E-state index is -0.478. The van der Waals surface area contributed by atoms with Gasteiger partial charge in [-0.15, -0.1) is 0 Å². The Hall–Kier alpha value is -13.5. The molecule has 10 nitrogen and oxygen atoms in total. The van der Waals surface area contributed by atoms with Crippen LogP contribution in [0, 0.1) is 22.7 Å². The van der Waals surface area contributed by atoms with Crippen LogP contribution in [0.1, 0.15) is 36.1 Å². The van der Waals surface area contributed by atoms with Crippen molar-refractivity contribution in [3.63, 3.8) is 0 Å². The zero-order valence-corrected chi connectivity index (χ0v) is 53.6. The fraction of sp³-hybridized carbons (Fsp3) is 0.0337. The van der Waals surface area contributed by atoms with Gasteiger partial charge in [0.25, 0.3) is 0 Å². The second kappa shape index (κ2) is 23.4. The van der Waals surface area contributed by atoms with Crippen LogP contribution in [-0.2, 0) is 5.41 Å². The number of fused-ring (bicyclic) bond motifs is 9. The lowest BCUT2D eigenvalue weighted by molar-refractivity contribution is 0.662. The van der Waals surface area contributed by atoms with E-state index in [2.05, 4.69) is 172 Å². The van der Waals surface area contributed by atoms with Crippen molar-refractivity contribution in [2.75, 3.05) is 0 Å². The van der Waals surface area contributed by atoms with Crippen LogP contribution in [0.2, 0.25) is 0 Å². The number of hydrogen-bond donors (Lipinski definition) is 0. The Bertz CT molecular complexity index is 6180. The van der Waals surface area contributed by atoms with Gasteiger partial charge in [-0.05, 0) is 127 Å². The van der Waals surface area contributed by atoms with Gasteiger partial charge in [0.15, 0.2) is 34.9 Å². The molecule has 4 aromatic heterocycles. The standard InChI is InChI=1S/C89H54N8O2/c1-89(2)74-27-15-26-73(87-95-84(61-18-7-4-8-19-61)96-88(97-87)79-66(47-49-71-69-23-10-12-29-76(69)99-82(71)79)58-40-38-56(39-41-58)55-34-30-53(51-90)31-35-55)78(74)72-25-14-24-67(80(72)89)63-20-13-21-64(50-63)86-93-83(60-16-5-3-6-17-60)92-85(94-86)62-44-42-59(43-45-62)77-65(57-36-32-54(52-91)33-37-57)46-48-70-68-22-9-11-28-75(68)98-81(70)77/h3-50H,1-2H3. The Balaban J connectivity index is 0.749. The van der Waals surface area contributed by atoms with Gasteiger partial charge in [0.2, 0.25) is 0 Å². The number of hydrogen-bond acceptors (Lipinski definition) is 10. The van der Waals surface area contributed by atoms with Crippen molar-refractivity contribution in [2.24, 2.45) is 0 Å². The predicted octanol–water partition coefficient (Wildman–Crippen LogP) is 22.2. The molecule has 0 saturated carbocycles.